The fraction of sp³-hybridized carbons (Fsp3) is 0.500. The number of hydrogen-bond acceptors (Lipinski definition) is 2. The summed E-state index contributed by atoms with van der Waals surface area (Å²) in [5.41, 5.74) is 1.20. The Morgan fingerprint density at radius 3 is 2.82 bits per heavy atom. The van der Waals surface area contributed by atoms with Gasteiger partial charge in [0.15, 0.2) is 0 Å². The Kier molecular flexibility index (Phi) is 1.31. The van der Waals surface area contributed by atoms with E-state index in [-0.39, 0.29) is 0 Å². The van der Waals surface area contributed by atoms with Gasteiger partial charge >= 0.3 is 0 Å². The predicted octanol–water partition coefficient (Wildman–Crippen LogP) is 0.867. The second kappa shape index (κ2) is 2.19. The first-order chi connectivity index (χ1) is 5.25. The average Bonchev–Trinajstić information content (AvgIpc) is 2.29. The predicted molar refractivity (Wildman–Crippen MR) is 40.2 cm³/mol. The molecule has 3 nitrogen and oxygen atoms in total. The van der Waals surface area contributed by atoms with Crippen LogP contribution < -0.4 is 0 Å². The zero-order valence-electron chi connectivity index (χ0n) is 6.45. The standard InChI is InChI=1S/C8H10N2O/c1-10-5-7(4-9-10)6-2-8(11)3-6/h4-6H,2-3H2,1H3. The van der Waals surface area contributed by atoms with Crippen LogP contribution >= 0.6 is 0 Å². The van der Waals surface area contributed by atoms with Crippen molar-refractivity contribution in [3.05, 3.63) is 18.0 Å². The van der Waals surface area contributed by atoms with Gasteiger partial charge in [-0.05, 0) is 5.56 Å². The van der Waals surface area contributed by atoms with Crippen molar-refractivity contribution in [3.63, 3.8) is 0 Å². The Hall–Kier alpha value is -1.12. The van der Waals surface area contributed by atoms with Crippen LogP contribution in [0.1, 0.15) is 24.3 Å². The zero-order valence-corrected chi connectivity index (χ0v) is 6.45. The molecule has 0 aliphatic heterocycles. The van der Waals surface area contributed by atoms with Crippen LogP contribution in [-0.4, -0.2) is 15.6 Å². The van der Waals surface area contributed by atoms with E-state index in [1.165, 1.54) is 5.56 Å². The van der Waals surface area contributed by atoms with Crippen LogP contribution in [-0.2, 0) is 11.8 Å². The van der Waals surface area contributed by atoms with Crippen molar-refractivity contribution >= 4 is 5.78 Å². The second-order valence-electron chi connectivity index (χ2n) is 3.09. The van der Waals surface area contributed by atoms with Crippen LogP contribution in [0.25, 0.3) is 0 Å². The summed E-state index contributed by atoms with van der Waals surface area (Å²) in [5.74, 6) is 0.829. The molecule has 0 unspecified atom stereocenters. The minimum Gasteiger partial charge on any atom is -0.300 e. The van der Waals surface area contributed by atoms with Gasteiger partial charge in [-0.2, -0.15) is 5.10 Å². The largest absolute Gasteiger partial charge is 0.300 e. The number of nitrogens with zero attached hydrogens (tertiary/aromatic N) is 2. The lowest BCUT2D eigenvalue weighted by Gasteiger charge is -2.22. The summed E-state index contributed by atoms with van der Waals surface area (Å²) in [7, 11) is 1.89. The van der Waals surface area contributed by atoms with E-state index < -0.39 is 0 Å². The van der Waals surface area contributed by atoms with Gasteiger partial charge in [0.25, 0.3) is 0 Å². The number of carbonyl (C=O) groups excluding carboxylic acids is 1. The Balaban J connectivity index is 2.12. The van der Waals surface area contributed by atoms with E-state index in [0.717, 1.165) is 0 Å². The molecule has 0 atom stereocenters. The van der Waals surface area contributed by atoms with Crippen LogP contribution in [0.15, 0.2) is 12.4 Å². The van der Waals surface area contributed by atoms with Gasteiger partial charge in [-0.25, -0.2) is 0 Å². The Labute approximate surface area is 65.0 Å². The zero-order chi connectivity index (χ0) is 7.84. The smallest absolute Gasteiger partial charge is 0.134 e. The lowest BCUT2D eigenvalue weighted by atomic mass is 9.80. The number of Topliss-reactive ketones (excluding diaryl/α,β-unsaturated/α-hetero) is 1. The summed E-state index contributed by atoms with van der Waals surface area (Å²) in [4.78, 5) is 10.7. The summed E-state index contributed by atoms with van der Waals surface area (Å²) >= 11 is 0. The molecule has 1 saturated carbocycles. The van der Waals surface area contributed by atoms with Gasteiger partial charge in [0.1, 0.15) is 5.78 Å². The molecule has 1 aromatic heterocycles. The van der Waals surface area contributed by atoms with Crippen LogP contribution in [0.5, 0.6) is 0 Å². The number of aromatic nitrogens is 2. The first-order valence-corrected chi connectivity index (χ1v) is 3.76. The van der Waals surface area contributed by atoms with Crippen LogP contribution in [0.4, 0.5) is 0 Å². The van der Waals surface area contributed by atoms with Crippen LogP contribution in [0.3, 0.4) is 0 Å². The molecule has 1 aliphatic rings. The summed E-state index contributed by atoms with van der Waals surface area (Å²) in [5, 5.41) is 4.05. The van der Waals surface area contributed by atoms with E-state index in [9.17, 15) is 4.79 Å². The van der Waals surface area contributed by atoms with Crippen molar-refractivity contribution in [2.24, 2.45) is 7.05 Å². The normalized spacial score (nSPS) is 18.5. The minimum atomic E-state index is 0.374. The molecule has 0 spiro atoms. The van der Waals surface area contributed by atoms with E-state index in [2.05, 4.69) is 5.10 Å². The molecule has 0 aromatic carbocycles. The average molecular weight is 150 g/mol. The van der Waals surface area contributed by atoms with Gasteiger partial charge in [-0.15, -0.1) is 0 Å². The molecule has 0 radical (unpaired) electrons. The highest BCUT2D eigenvalue weighted by molar-refractivity contribution is 5.86. The van der Waals surface area contributed by atoms with Crippen molar-refractivity contribution in [2.45, 2.75) is 18.8 Å². The quantitative estimate of drug-likeness (QED) is 0.595. The maximum Gasteiger partial charge on any atom is 0.134 e. The maximum absolute atomic E-state index is 10.7. The molecule has 1 fully saturated rings. The third kappa shape index (κ3) is 1.06. The third-order valence-electron chi connectivity index (χ3n) is 2.14. The molecule has 0 bridgehead atoms. The molecule has 1 aromatic rings. The fourth-order valence-corrected chi connectivity index (χ4v) is 1.38. The number of rotatable bonds is 1. The van der Waals surface area contributed by atoms with E-state index in [4.69, 9.17) is 0 Å². The molecular weight excluding hydrogens is 140 g/mol. The monoisotopic (exact) mass is 150 g/mol. The van der Waals surface area contributed by atoms with Crippen molar-refractivity contribution in [2.75, 3.05) is 0 Å². The Bertz CT molecular complexity index is 282. The van der Waals surface area contributed by atoms with Gasteiger partial charge < -0.3 is 0 Å². The second-order valence-corrected chi connectivity index (χ2v) is 3.09. The van der Waals surface area contributed by atoms with E-state index in [1.807, 2.05) is 19.4 Å². The maximum atomic E-state index is 10.7. The van der Waals surface area contributed by atoms with Crippen molar-refractivity contribution in [1.82, 2.24) is 9.78 Å². The summed E-state index contributed by atoms with van der Waals surface area (Å²) in [6, 6.07) is 0. The summed E-state index contributed by atoms with van der Waals surface area (Å²) in [6.07, 6.45) is 5.26. The highest BCUT2D eigenvalue weighted by Gasteiger charge is 2.28. The van der Waals surface area contributed by atoms with Crippen LogP contribution in [0.2, 0.25) is 0 Å². The van der Waals surface area contributed by atoms with E-state index in [0.29, 0.717) is 24.5 Å². The molecule has 3 heteroatoms. The van der Waals surface area contributed by atoms with Gasteiger partial charge in [0.05, 0.1) is 6.20 Å². The first-order valence-electron chi connectivity index (χ1n) is 3.76. The van der Waals surface area contributed by atoms with Crippen molar-refractivity contribution < 1.29 is 4.79 Å². The molecular formula is C8H10N2O. The molecule has 11 heavy (non-hydrogen) atoms. The lowest BCUT2D eigenvalue weighted by Crippen LogP contribution is -2.20. The van der Waals surface area contributed by atoms with Crippen molar-refractivity contribution in [1.29, 1.82) is 0 Å². The third-order valence-corrected chi connectivity index (χ3v) is 2.14. The molecule has 0 saturated heterocycles. The van der Waals surface area contributed by atoms with E-state index in [1.54, 1.807) is 4.68 Å². The number of aryl methyl sites for hydroxylation is 1. The Morgan fingerprint density at radius 1 is 1.64 bits per heavy atom. The van der Waals surface area contributed by atoms with Gasteiger partial charge in [-0.1, -0.05) is 0 Å². The summed E-state index contributed by atoms with van der Waals surface area (Å²) in [6.45, 7) is 0. The Morgan fingerprint density at radius 2 is 2.36 bits per heavy atom. The topological polar surface area (TPSA) is 34.9 Å². The lowest BCUT2D eigenvalue weighted by molar-refractivity contribution is -0.124. The first kappa shape index (κ1) is 6.58. The molecule has 58 valence electrons. The van der Waals surface area contributed by atoms with Crippen LogP contribution in [0, 0.1) is 0 Å². The highest BCUT2D eigenvalue weighted by Crippen LogP contribution is 2.32. The van der Waals surface area contributed by atoms with E-state index >= 15 is 0 Å². The molecule has 1 aliphatic carbocycles. The van der Waals surface area contributed by atoms with Crippen molar-refractivity contribution in [3.8, 4) is 0 Å². The van der Waals surface area contributed by atoms with Gasteiger partial charge in [0.2, 0.25) is 0 Å². The SMILES string of the molecule is Cn1cc(C2CC(=O)C2)cn1. The molecule has 1 heterocycles. The van der Waals surface area contributed by atoms with Gasteiger partial charge in [0, 0.05) is 32.0 Å². The van der Waals surface area contributed by atoms with Gasteiger partial charge in [-0.3, -0.25) is 9.48 Å². The minimum absolute atomic E-state index is 0.374. The molecule has 0 amide bonds. The summed E-state index contributed by atoms with van der Waals surface area (Å²) < 4.78 is 1.78. The number of ketones is 1. The molecule has 0 N–H and O–H groups in total. The number of carbonyl (C=O) groups is 1. The fourth-order valence-electron chi connectivity index (χ4n) is 1.38. The number of hydrogen-bond donors (Lipinski definition) is 0. The highest BCUT2D eigenvalue weighted by atomic mass is 16.1. The molecule has 2 rings (SSSR count).